The van der Waals surface area contributed by atoms with Crippen LogP contribution in [0.1, 0.15) is 37.0 Å². The average molecular weight is 264 g/mol. The van der Waals surface area contributed by atoms with E-state index in [0.717, 1.165) is 12.8 Å². The number of benzene rings is 1. The maximum absolute atomic E-state index is 12.2. The Morgan fingerprint density at radius 2 is 2.26 bits per heavy atom. The Bertz CT molecular complexity index is 486. The number of hydrogen-bond donors (Lipinski definition) is 3. The summed E-state index contributed by atoms with van der Waals surface area (Å²) in [7, 11) is 0. The highest BCUT2D eigenvalue weighted by Crippen LogP contribution is 2.25. The molecule has 5 heteroatoms. The molecule has 4 N–H and O–H groups in total. The lowest BCUT2D eigenvalue weighted by molar-refractivity contribution is -0.0615. The minimum atomic E-state index is -0.254. The highest BCUT2D eigenvalue weighted by atomic mass is 16.5. The van der Waals surface area contributed by atoms with Crippen LogP contribution >= 0.6 is 0 Å². The van der Waals surface area contributed by atoms with Crippen LogP contribution in [0.5, 0.6) is 5.75 Å². The van der Waals surface area contributed by atoms with E-state index < -0.39 is 0 Å². The Labute approximate surface area is 112 Å². The van der Waals surface area contributed by atoms with E-state index in [2.05, 4.69) is 5.32 Å². The third kappa shape index (κ3) is 3.38. The van der Waals surface area contributed by atoms with E-state index in [1.54, 1.807) is 0 Å². The number of phenolic OH excluding ortho intramolecular Hbond substituents is 1. The minimum absolute atomic E-state index is 0.0339. The molecule has 1 amide bonds. The zero-order valence-electron chi connectivity index (χ0n) is 11.3. The summed E-state index contributed by atoms with van der Waals surface area (Å²) in [5.41, 5.74) is 6.20. The zero-order chi connectivity index (χ0) is 14.0. The molecule has 1 aliphatic rings. The first-order valence-electron chi connectivity index (χ1n) is 6.41. The molecule has 5 nitrogen and oxygen atoms in total. The predicted octanol–water partition coefficient (Wildman–Crippen LogP) is 1.66. The summed E-state index contributed by atoms with van der Waals surface area (Å²) in [6, 6.07) is 4.44. The average Bonchev–Trinajstić information content (AvgIpc) is 2.31. The molecular formula is C14H20N2O3. The number of nitrogen functional groups attached to an aromatic ring is 1. The van der Waals surface area contributed by atoms with Crippen molar-refractivity contribution in [3.8, 4) is 5.75 Å². The third-order valence-electron chi connectivity index (χ3n) is 3.31. The molecule has 1 atom stereocenters. The summed E-state index contributed by atoms with van der Waals surface area (Å²) in [6.07, 6.45) is 1.55. The van der Waals surface area contributed by atoms with Gasteiger partial charge < -0.3 is 20.9 Å². The third-order valence-corrected chi connectivity index (χ3v) is 3.31. The highest BCUT2D eigenvalue weighted by molar-refractivity contribution is 5.99. The molecule has 0 radical (unpaired) electrons. The maximum Gasteiger partial charge on any atom is 0.253 e. The van der Waals surface area contributed by atoms with Crippen LogP contribution in [-0.4, -0.2) is 29.3 Å². The van der Waals surface area contributed by atoms with Gasteiger partial charge in [0.1, 0.15) is 5.75 Å². The van der Waals surface area contributed by atoms with Gasteiger partial charge in [-0.25, -0.2) is 0 Å². The van der Waals surface area contributed by atoms with Crippen molar-refractivity contribution in [2.75, 3.05) is 12.3 Å². The summed E-state index contributed by atoms with van der Waals surface area (Å²) >= 11 is 0. The summed E-state index contributed by atoms with van der Waals surface area (Å²) in [5, 5.41) is 12.4. The molecule has 1 aliphatic heterocycles. The largest absolute Gasteiger partial charge is 0.508 e. The van der Waals surface area contributed by atoms with Gasteiger partial charge in [-0.1, -0.05) is 0 Å². The molecule has 1 aromatic carbocycles. The lowest BCUT2D eigenvalue weighted by Crippen LogP contribution is -2.45. The highest BCUT2D eigenvalue weighted by Gasteiger charge is 2.30. The van der Waals surface area contributed by atoms with E-state index in [1.165, 1.54) is 18.2 Å². The first-order chi connectivity index (χ1) is 8.87. The van der Waals surface area contributed by atoms with Crippen LogP contribution in [0.15, 0.2) is 18.2 Å². The Morgan fingerprint density at radius 1 is 1.53 bits per heavy atom. The van der Waals surface area contributed by atoms with Gasteiger partial charge in [0, 0.05) is 18.3 Å². The van der Waals surface area contributed by atoms with Crippen molar-refractivity contribution in [2.24, 2.45) is 0 Å². The maximum atomic E-state index is 12.2. The first kappa shape index (κ1) is 13.7. The quantitative estimate of drug-likeness (QED) is 0.560. The van der Waals surface area contributed by atoms with Gasteiger partial charge >= 0.3 is 0 Å². The van der Waals surface area contributed by atoms with Gasteiger partial charge in [-0.3, -0.25) is 4.79 Å². The second-order valence-electron chi connectivity index (χ2n) is 5.54. The van der Waals surface area contributed by atoms with Gasteiger partial charge in [0.2, 0.25) is 0 Å². The number of hydrogen-bond acceptors (Lipinski definition) is 4. The van der Waals surface area contributed by atoms with Gasteiger partial charge in [0.05, 0.1) is 11.2 Å². The monoisotopic (exact) mass is 264 g/mol. The van der Waals surface area contributed by atoms with Crippen LogP contribution in [0.2, 0.25) is 0 Å². The lowest BCUT2D eigenvalue weighted by atomic mass is 9.93. The first-order valence-corrected chi connectivity index (χ1v) is 6.41. The fourth-order valence-corrected chi connectivity index (χ4v) is 2.36. The van der Waals surface area contributed by atoms with Crippen molar-refractivity contribution >= 4 is 11.6 Å². The summed E-state index contributed by atoms with van der Waals surface area (Å²) in [5.74, 6) is -0.220. The number of nitrogens with one attached hydrogen (secondary N) is 1. The predicted molar refractivity (Wildman–Crippen MR) is 73.0 cm³/mol. The molecule has 0 spiro atoms. The summed E-state index contributed by atoms with van der Waals surface area (Å²) in [6.45, 7) is 4.65. The van der Waals surface area contributed by atoms with Gasteiger partial charge in [-0.15, -0.1) is 0 Å². The number of carbonyl (C=O) groups is 1. The van der Waals surface area contributed by atoms with Gasteiger partial charge in [-0.05, 0) is 44.9 Å². The molecule has 1 heterocycles. The van der Waals surface area contributed by atoms with Crippen molar-refractivity contribution in [1.29, 1.82) is 0 Å². The Balaban J connectivity index is 2.06. The van der Waals surface area contributed by atoms with Gasteiger partial charge in [0.15, 0.2) is 0 Å². The number of anilines is 1. The number of amides is 1. The Hall–Kier alpha value is -1.75. The van der Waals surface area contributed by atoms with E-state index in [4.69, 9.17) is 10.5 Å². The molecule has 2 rings (SSSR count). The van der Waals surface area contributed by atoms with E-state index >= 15 is 0 Å². The Kier molecular flexibility index (Phi) is 3.66. The van der Waals surface area contributed by atoms with Crippen molar-refractivity contribution < 1.29 is 14.6 Å². The molecule has 104 valence electrons. The molecule has 19 heavy (non-hydrogen) atoms. The van der Waals surface area contributed by atoms with Crippen LogP contribution in [-0.2, 0) is 4.74 Å². The smallest absolute Gasteiger partial charge is 0.253 e. The Morgan fingerprint density at radius 3 is 2.95 bits per heavy atom. The number of ether oxygens (including phenoxy) is 1. The van der Waals surface area contributed by atoms with Crippen molar-refractivity contribution in [3.63, 3.8) is 0 Å². The van der Waals surface area contributed by atoms with Crippen LogP contribution < -0.4 is 11.1 Å². The molecule has 0 aliphatic carbocycles. The number of aromatic hydroxyl groups is 1. The molecule has 0 saturated carbocycles. The molecule has 1 aromatic rings. The van der Waals surface area contributed by atoms with Crippen LogP contribution in [0.4, 0.5) is 5.69 Å². The van der Waals surface area contributed by atoms with E-state index in [1.807, 2.05) is 13.8 Å². The van der Waals surface area contributed by atoms with E-state index in [9.17, 15) is 9.90 Å². The molecule has 1 fully saturated rings. The number of rotatable bonds is 2. The number of phenols is 1. The minimum Gasteiger partial charge on any atom is -0.508 e. The van der Waals surface area contributed by atoms with Crippen LogP contribution in [0.25, 0.3) is 0 Å². The fourth-order valence-electron chi connectivity index (χ4n) is 2.36. The van der Waals surface area contributed by atoms with E-state index in [-0.39, 0.29) is 23.3 Å². The molecule has 0 aromatic heterocycles. The summed E-state index contributed by atoms with van der Waals surface area (Å²) in [4.78, 5) is 12.2. The topological polar surface area (TPSA) is 84.6 Å². The molecule has 1 saturated heterocycles. The van der Waals surface area contributed by atoms with E-state index in [0.29, 0.717) is 17.9 Å². The molecule has 1 unspecified atom stereocenters. The van der Waals surface area contributed by atoms with Crippen molar-refractivity contribution in [1.82, 2.24) is 5.32 Å². The normalized spacial score (nSPS) is 21.9. The molecule has 0 bridgehead atoms. The fraction of sp³-hybridized carbons (Fsp3) is 0.500. The zero-order valence-corrected chi connectivity index (χ0v) is 11.3. The lowest BCUT2D eigenvalue weighted by Gasteiger charge is -2.35. The molecular weight excluding hydrogens is 244 g/mol. The number of carbonyl (C=O) groups excluding carboxylic acids is 1. The second kappa shape index (κ2) is 5.09. The standard InChI is InChI=1S/C14H20N2O3/c1-14(2)8-9(5-6-19-14)16-13(18)11-7-10(17)3-4-12(11)15/h3-4,7,9,17H,5-6,8,15H2,1-2H3,(H,16,18). The SMILES string of the molecule is CC1(C)CC(NC(=O)c2cc(O)ccc2N)CCO1. The van der Waals surface area contributed by atoms with Crippen LogP contribution in [0.3, 0.4) is 0 Å². The second-order valence-corrected chi connectivity index (χ2v) is 5.54. The van der Waals surface area contributed by atoms with Gasteiger partial charge in [-0.2, -0.15) is 0 Å². The number of nitrogens with two attached hydrogens (primary N) is 1. The van der Waals surface area contributed by atoms with Crippen LogP contribution in [0, 0.1) is 0 Å². The van der Waals surface area contributed by atoms with Gasteiger partial charge in [0.25, 0.3) is 5.91 Å². The summed E-state index contributed by atoms with van der Waals surface area (Å²) < 4.78 is 5.61. The van der Waals surface area contributed by atoms with Crippen molar-refractivity contribution in [3.05, 3.63) is 23.8 Å². The van der Waals surface area contributed by atoms with Crippen molar-refractivity contribution in [2.45, 2.75) is 38.3 Å².